The van der Waals surface area contributed by atoms with Crippen LogP contribution in [0, 0.1) is 0 Å². The molecule has 0 bridgehead atoms. The van der Waals surface area contributed by atoms with E-state index in [-0.39, 0.29) is 12.1 Å². The minimum Gasteiger partial charge on any atom is -0.295 e. The van der Waals surface area contributed by atoms with Crippen LogP contribution < -0.4 is 0 Å². The fourth-order valence-electron chi connectivity index (χ4n) is 1.83. The van der Waals surface area contributed by atoms with Crippen LogP contribution in [0.25, 0.3) is 0 Å². The van der Waals surface area contributed by atoms with E-state index >= 15 is 0 Å². The lowest BCUT2D eigenvalue weighted by molar-refractivity contribution is -0.00850. The predicted octanol–water partition coefficient (Wildman–Crippen LogP) is 1.17. The minimum atomic E-state index is -3.57. The lowest BCUT2D eigenvalue weighted by atomic mass is 9.98. The minimum absolute atomic E-state index is 0.0968. The van der Waals surface area contributed by atoms with Crippen LogP contribution in [0.1, 0.15) is 27.2 Å². The molecule has 0 radical (unpaired) electrons. The van der Waals surface area contributed by atoms with Gasteiger partial charge < -0.3 is 0 Å². The summed E-state index contributed by atoms with van der Waals surface area (Å²) in [6.45, 7) is 6.92. The van der Waals surface area contributed by atoms with E-state index in [1.54, 1.807) is 0 Å². The standard InChI is InChI=1S/C10H20FNO3S/c1-10(2,3)12-6-5-9(8(11)7-12)15-16(4,13)14/h8-9H,5-7H2,1-4H3/t8-,9+/m1/s1. The van der Waals surface area contributed by atoms with Gasteiger partial charge in [-0.3, -0.25) is 9.08 Å². The Morgan fingerprint density at radius 1 is 1.38 bits per heavy atom. The fourth-order valence-corrected chi connectivity index (χ4v) is 2.49. The molecule has 1 fully saturated rings. The van der Waals surface area contributed by atoms with Gasteiger partial charge in [0.25, 0.3) is 10.1 Å². The zero-order valence-corrected chi connectivity index (χ0v) is 11.1. The van der Waals surface area contributed by atoms with Crippen LogP contribution in [0.15, 0.2) is 0 Å². The predicted molar refractivity (Wildman–Crippen MR) is 60.6 cm³/mol. The van der Waals surface area contributed by atoms with Crippen LogP contribution in [0.2, 0.25) is 0 Å². The molecule has 0 aromatic rings. The molecule has 1 aliphatic rings. The zero-order chi connectivity index (χ0) is 12.6. The molecule has 0 amide bonds. The first kappa shape index (κ1) is 13.9. The van der Waals surface area contributed by atoms with Crippen molar-refractivity contribution in [3.63, 3.8) is 0 Å². The Bertz CT molecular complexity index is 336. The summed E-state index contributed by atoms with van der Waals surface area (Å²) >= 11 is 0. The van der Waals surface area contributed by atoms with E-state index < -0.39 is 22.4 Å². The van der Waals surface area contributed by atoms with Crippen LogP contribution in [-0.4, -0.2) is 50.5 Å². The highest BCUT2D eigenvalue weighted by molar-refractivity contribution is 7.86. The number of hydrogen-bond donors (Lipinski definition) is 0. The lowest BCUT2D eigenvalue weighted by Crippen LogP contribution is -2.53. The van der Waals surface area contributed by atoms with Crippen LogP contribution in [-0.2, 0) is 14.3 Å². The Balaban J connectivity index is 2.60. The summed E-state index contributed by atoms with van der Waals surface area (Å²) in [6.07, 6.45) is -0.710. The Morgan fingerprint density at radius 3 is 2.31 bits per heavy atom. The van der Waals surface area contributed by atoms with Gasteiger partial charge in [-0.05, 0) is 27.2 Å². The molecule has 96 valence electrons. The topological polar surface area (TPSA) is 46.6 Å². The van der Waals surface area contributed by atoms with Crippen LogP contribution in [0.4, 0.5) is 4.39 Å². The van der Waals surface area contributed by atoms with Gasteiger partial charge in [0.1, 0.15) is 12.3 Å². The summed E-state index contributed by atoms with van der Waals surface area (Å²) in [5.41, 5.74) is -0.0968. The Morgan fingerprint density at radius 2 is 1.94 bits per heavy atom. The zero-order valence-electron chi connectivity index (χ0n) is 10.2. The van der Waals surface area contributed by atoms with Crippen LogP contribution in [0.5, 0.6) is 0 Å². The van der Waals surface area contributed by atoms with E-state index in [1.165, 1.54) is 0 Å². The molecule has 0 saturated carbocycles. The average Bonchev–Trinajstić information content (AvgIpc) is 2.04. The van der Waals surface area contributed by atoms with E-state index in [2.05, 4.69) is 0 Å². The Labute approximate surface area is 96.9 Å². The third kappa shape index (κ3) is 3.99. The smallest absolute Gasteiger partial charge is 0.264 e. The molecule has 1 aliphatic heterocycles. The lowest BCUT2D eigenvalue weighted by Gasteiger charge is -2.41. The van der Waals surface area contributed by atoms with Gasteiger partial charge in [0.15, 0.2) is 0 Å². The number of rotatable bonds is 2. The van der Waals surface area contributed by atoms with Gasteiger partial charge in [0.05, 0.1) is 6.26 Å². The highest BCUT2D eigenvalue weighted by Crippen LogP contribution is 2.24. The quantitative estimate of drug-likeness (QED) is 0.693. The first-order chi connectivity index (χ1) is 7.09. The van der Waals surface area contributed by atoms with Crippen molar-refractivity contribution in [1.29, 1.82) is 0 Å². The molecule has 0 aromatic carbocycles. The van der Waals surface area contributed by atoms with Crippen molar-refractivity contribution in [3.05, 3.63) is 0 Å². The normalized spacial score (nSPS) is 29.3. The molecule has 1 rings (SSSR count). The second-order valence-electron chi connectivity index (χ2n) is 5.26. The molecule has 0 aromatic heterocycles. The maximum Gasteiger partial charge on any atom is 0.264 e. The summed E-state index contributed by atoms with van der Waals surface area (Å²) in [7, 11) is -3.57. The van der Waals surface area contributed by atoms with Crippen molar-refractivity contribution in [2.24, 2.45) is 0 Å². The largest absolute Gasteiger partial charge is 0.295 e. The molecular formula is C10H20FNO3S. The first-order valence-corrected chi connectivity index (χ1v) is 7.18. The van der Waals surface area contributed by atoms with Crippen LogP contribution >= 0.6 is 0 Å². The number of piperidine rings is 1. The van der Waals surface area contributed by atoms with Crippen molar-refractivity contribution in [3.8, 4) is 0 Å². The van der Waals surface area contributed by atoms with Crippen molar-refractivity contribution in [1.82, 2.24) is 4.90 Å². The second kappa shape index (κ2) is 4.58. The summed E-state index contributed by atoms with van der Waals surface area (Å²) in [6, 6.07) is 0. The van der Waals surface area contributed by atoms with E-state index in [0.29, 0.717) is 13.0 Å². The van der Waals surface area contributed by atoms with Crippen LogP contribution in [0.3, 0.4) is 0 Å². The number of halogens is 1. The number of likely N-dealkylation sites (tertiary alicyclic amines) is 1. The average molecular weight is 253 g/mol. The van der Waals surface area contributed by atoms with Crippen molar-refractivity contribution >= 4 is 10.1 Å². The highest BCUT2D eigenvalue weighted by atomic mass is 32.2. The number of hydrogen-bond acceptors (Lipinski definition) is 4. The third-order valence-electron chi connectivity index (χ3n) is 2.73. The molecule has 0 spiro atoms. The molecule has 1 heterocycles. The molecule has 0 unspecified atom stereocenters. The van der Waals surface area contributed by atoms with Crippen molar-refractivity contribution in [2.75, 3.05) is 19.3 Å². The van der Waals surface area contributed by atoms with E-state index in [9.17, 15) is 12.8 Å². The third-order valence-corrected chi connectivity index (χ3v) is 3.33. The number of alkyl halides is 1. The van der Waals surface area contributed by atoms with Gasteiger partial charge in [-0.25, -0.2) is 4.39 Å². The van der Waals surface area contributed by atoms with E-state index in [1.807, 2.05) is 25.7 Å². The molecule has 4 nitrogen and oxygen atoms in total. The van der Waals surface area contributed by atoms with Gasteiger partial charge in [-0.1, -0.05) is 0 Å². The molecule has 1 saturated heterocycles. The maximum absolute atomic E-state index is 13.7. The van der Waals surface area contributed by atoms with Gasteiger partial charge in [-0.15, -0.1) is 0 Å². The SMILES string of the molecule is CC(C)(C)N1CC[C@H](OS(C)(=O)=O)[C@H](F)C1. The molecule has 2 atom stereocenters. The van der Waals surface area contributed by atoms with E-state index in [4.69, 9.17) is 4.18 Å². The summed E-state index contributed by atoms with van der Waals surface area (Å²) in [5, 5.41) is 0. The molecule has 0 aliphatic carbocycles. The van der Waals surface area contributed by atoms with Crippen molar-refractivity contribution < 1.29 is 17.0 Å². The van der Waals surface area contributed by atoms with E-state index in [0.717, 1.165) is 6.26 Å². The van der Waals surface area contributed by atoms with Crippen molar-refractivity contribution in [2.45, 2.75) is 45.0 Å². The summed E-state index contributed by atoms with van der Waals surface area (Å²) in [5.74, 6) is 0. The highest BCUT2D eigenvalue weighted by Gasteiger charge is 2.36. The Hall–Kier alpha value is -0.200. The Kier molecular flexibility index (Phi) is 3.97. The summed E-state index contributed by atoms with van der Waals surface area (Å²) < 4.78 is 40.3. The second-order valence-corrected chi connectivity index (χ2v) is 6.86. The molecule has 6 heteroatoms. The molecule has 16 heavy (non-hydrogen) atoms. The number of nitrogens with zero attached hydrogens (tertiary/aromatic N) is 1. The van der Waals surface area contributed by atoms with Gasteiger partial charge in [0.2, 0.25) is 0 Å². The van der Waals surface area contributed by atoms with Gasteiger partial charge >= 0.3 is 0 Å². The summed E-state index contributed by atoms with van der Waals surface area (Å²) in [4.78, 5) is 2.00. The molecular weight excluding hydrogens is 233 g/mol. The monoisotopic (exact) mass is 253 g/mol. The van der Waals surface area contributed by atoms with Gasteiger partial charge in [0, 0.05) is 18.6 Å². The first-order valence-electron chi connectivity index (χ1n) is 5.37. The molecule has 0 N–H and O–H groups in total. The fraction of sp³-hybridized carbons (Fsp3) is 1.00. The van der Waals surface area contributed by atoms with Gasteiger partial charge in [-0.2, -0.15) is 8.42 Å². The maximum atomic E-state index is 13.7.